The minimum Gasteiger partial charge on any atom is -0.373 e. The standard InChI is InChI=1S/C19H27ClN2O2/c1-14-12-22(13-15(2)24-14)10-9-21-18(23)19(7-4-8-19)16-5-3-6-17(20)11-16/h3,5-6,11,14-15H,4,7-10,12-13H2,1-2H3,(H,21,23). The zero-order valence-electron chi connectivity index (χ0n) is 14.6. The first-order valence-electron chi connectivity index (χ1n) is 8.92. The highest BCUT2D eigenvalue weighted by molar-refractivity contribution is 6.30. The highest BCUT2D eigenvalue weighted by Crippen LogP contribution is 2.44. The molecule has 4 nitrogen and oxygen atoms in total. The van der Waals surface area contributed by atoms with Crippen molar-refractivity contribution in [1.29, 1.82) is 0 Å². The van der Waals surface area contributed by atoms with Crippen molar-refractivity contribution < 1.29 is 9.53 Å². The van der Waals surface area contributed by atoms with Crippen molar-refractivity contribution in [2.45, 2.75) is 50.7 Å². The van der Waals surface area contributed by atoms with Crippen LogP contribution in [0.25, 0.3) is 0 Å². The summed E-state index contributed by atoms with van der Waals surface area (Å²) in [7, 11) is 0. The first kappa shape index (κ1) is 17.7. The average molecular weight is 351 g/mol. The Morgan fingerprint density at radius 1 is 1.33 bits per heavy atom. The molecule has 0 radical (unpaired) electrons. The van der Waals surface area contributed by atoms with E-state index in [-0.39, 0.29) is 23.5 Å². The lowest BCUT2D eigenvalue weighted by atomic mass is 9.64. The highest BCUT2D eigenvalue weighted by Gasteiger charge is 2.45. The van der Waals surface area contributed by atoms with Crippen molar-refractivity contribution in [2.24, 2.45) is 0 Å². The van der Waals surface area contributed by atoms with Gasteiger partial charge in [-0.3, -0.25) is 9.69 Å². The number of morpholine rings is 1. The molecule has 24 heavy (non-hydrogen) atoms. The molecule has 2 atom stereocenters. The molecule has 1 amide bonds. The molecule has 0 aromatic heterocycles. The van der Waals surface area contributed by atoms with E-state index in [0.29, 0.717) is 11.6 Å². The quantitative estimate of drug-likeness (QED) is 0.887. The summed E-state index contributed by atoms with van der Waals surface area (Å²) in [5, 5.41) is 3.85. The minimum absolute atomic E-state index is 0.144. The van der Waals surface area contributed by atoms with Crippen LogP contribution in [0.4, 0.5) is 0 Å². The number of carbonyl (C=O) groups is 1. The summed E-state index contributed by atoms with van der Waals surface area (Å²) in [6.07, 6.45) is 3.43. The molecule has 2 aliphatic rings. The van der Waals surface area contributed by atoms with Gasteiger partial charge in [0.1, 0.15) is 0 Å². The van der Waals surface area contributed by atoms with Crippen molar-refractivity contribution in [2.75, 3.05) is 26.2 Å². The molecule has 5 heteroatoms. The van der Waals surface area contributed by atoms with Gasteiger partial charge < -0.3 is 10.1 Å². The van der Waals surface area contributed by atoms with Gasteiger partial charge >= 0.3 is 0 Å². The van der Waals surface area contributed by atoms with E-state index in [1.54, 1.807) is 0 Å². The van der Waals surface area contributed by atoms with E-state index in [1.807, 2.05) is 24.3 Å². The zero-order valence-corrected chi connectivity index (χ0v) is 15.3. The van der Waals surface area contributed by atoms with Crippen LogP contribution in [0.5, 0.6) is 0 Å². The molecule has 1 aromatic carbocycles. The summed E-state index contributed by atoms with van der Waals surface area (Å²) >= 11 is 6.12. The summed E-state index contributed by atoms with van der Waals surface area (Å²) in [4.78, 5) is 15.2. The van der Waals surface area contributed by atoms with E-state index in [4.69, 9.17) is 16.3 Å². The SMILES string of the molecule is CC1CN(CCNC(=O)C2(c3cccc(Cl)c3)CCC2)CC(C)O1. The number of amides is 1. The summed E-state index contributed by atoms with van der Waals surface area (Å²) in [6.45, 7) is 7.61. The Kier molecular flexibility index (Phi) is 5.48. The molecule has 2 unspecified atom stereocenters. The summed E-state index contributed by atoms with van der Waals surface area (Å²) in [6, 6.07) is 7.75. The minimum atomic E-state index is -0.378. The maximum Gasteiger partial charge on any atom is 0.230 e. The number of nitrogens with one attached hydrogen (secondary N) is 1. The van der Waals surface area contributed by atoms with Crippen LogP contribution in [0.1, 0.15) is 38.7 Å². The average Bonchev–Trinajstić information content (AvgIpc) is 2.45. The first-order chi connectivity index (χ1) is 11.5. The monoisotopic (exact) mass is 350 g/mol. The summed E-state index contributed by atoms with van der Waals surface area (Å²) in [5.74, 6) is 0.144. The van der Waals surface area contributed by atoms with Crippen LogP contribution in [0.2, 0.25) is 5.02 Å². The molecule has 3 rings (SSSR count). The zero-order chi connectivity index (χ0) is 17.2. The molecule has 1 aromatic rings. The number of ether oxygens (including phenoxy) is 1. The molecular weight excluding hydrogens is 324 g/mol. The van der Waals surface area contributed by atoms with Crippen LogP contribution in [0.15, 0.2) is 24.3 Å². The van der Waals surface area contributed by atoms with Crippen molar-refractivity contribution in [1.82, 2.24) is 10.2 Å². The van der Waals surface area contributed by atoms with Gasteiger partial charge in [0, 0.05) is 31.2 Å². The number of carbonyl (C=O) groups excluding carboxylic acids is 1. The second-order valence-electron chi connectivity index (χ2n) is 7.22. The van der Waals surface area contributed by atoms with Crippen molar-refractivity contribution in [3.8, 4) is 0 Å². The lowest BCUT2D eigenvalue weighted by Crippen LogP contribution is -2.52. The number of halogens is 1. The molecular formula is C19H27ClN2O2. The fraction of sp³-hybridized carbons (Fsp3) is 0.632. The Morgan fingerprint density at radius 2 is 2.04 bits per heavy atom. The predicted octanol–water partition coefficient (Wildman–Crippen LogP) is 2.99. The van der Waals surface area contributed by atoms with E-state index in [1.165, 1.54) is 0 Å². The van der Waals surface area contributed by atoms with Gasteiger partial charge in [-0.2, -0.15) is 0 Å². The smallest absolute Gasteiger partial charge is 0.230 e. The van der Waals surface area contributed by atoms with Gasteiger partial charge in [0.05, 0.1) is 17.6 Å². The highest BCUT2D eigenvalue weighted by atomic mass is 35.5. The third kappa shape index (κ3) is 3.76. The maximum atomic E-state index is 12.8. The second kappa shape index (κ2) is 7.42. The number of hydrogen-bond donors (Lipinski definition) is 1. The Hall–Kier alpha value is -1.10. The third-order valence-corrected chi connectivity index (χ3v) is 5.46. The van der Waals surface area contributed by atoms with Gasteiger partial charge in [-0.05, 0) is 44.4 Å². The van der Waals surface area contributed by atoms with Gasteiger partial charge in [0.2, 0.25) is 5.91 Å². The van der Waals surface area contributed by atoms with Crippen LogP contribution in [0, 0.1) is 0 Å². The Morgan fingerprint density at radius 3 is 2.62 bits per heavy atom. The van der Waals surface area contributed by atoms with Crippen molar-refractivity contribution in [3.05, 3.63) is 34.9 Å². The van der Waals surface area contributed by atoms with Gasteiger partial charge in [-0.15, -0.1) is 0 Å². The molecule has 1 saturated carbocycles. The fourth-order valence-electron chi connectivity index (χ4n) is 3.93. The number of rotatable bonds is 5. The lowest BCUT2D eigenvalue weighted by Gasteiger charge is -2.41. The first-order valence-corrected chi connectivity index (χ1v) is 9.29. The van der Waals surface area contributed by atoms with Crippen molar-refractivity contribution in [3.63, 3.8) is 0 Å². The fourth-order valence-corrected chi connectivity index (χ4v) is 4.12. The van der Waals surface area contributed by atoms with Crippen LogP contribution in [-0.2, 0) is 14.9 Å². The number of nitrogens with zero attached hydrogens (tertiary/aromatic N) is 1. The van der Waals surface area contributed by atoms with Crippen LogP contribution >= 0.6 is 11.6 Å². The van der Waals surface area contributed by atoms with E-state index < -0.39 is 0 Å². The van der Waals surface area contributed by atoms with Crippen LogP contribution in [-0.4, -0.2) is 49.2 Å². The van der Waals surface area contributed by atoms with Crippen LogP contribution in [0.3, 0.4) is 0 Å². The summed E-state index contributed by atoms with van der Waals surface area (Å²) in [5.41, 5.74) is 0.670. The van der Waals surface area contributed by atoms with E-state index >= 15 is 0 Å². The van der Waals surface area contributed by atoms with Crippen LogP contribution < -0.4 is 5.32 Å². The van der Waals surface area contributed by atoms with Gasteiger partial charge in [-0.25, -0.2) is 0 Å². The molecule has 1 heterocycles. The molecule has 1 aliphatic heterocycles. The normalized spacial score (nSPS) is 26.6. The van der Waals surface area contributed by atoms with E-state index in [2.05, 4.69) is 24.1 Å². The lowest BCUT2D eigenvalue weighted by molar-refractivity contribution is -0.130. The molecule has 132 valence electrons. The van der Waals surface area contributed by atoms with Gasteiger partial charge in [0.25, 0.3) is 0 Å². The molecule has 0 bridgehead atoms. The molecule has 1 N–H and O–H groups in total. The Balaban J connectivity index is 1.56. The Bertz CT molecular complexity index is 578. The van der Waals surface area contributed by atoms with Gasteiger partial charge in [0.15, 0.2) is 0 Å². The number of hydrogen-bond acceptors (Lipinski definition) is 3. The topological polar surface area (TPSA) is 41.6 Å². The molecule has 0 spiro atoms. The largest absolute Gasteiger partial charge is 0.373 e. The van der Waals surface area contributed by atoms with E-state index in [9.17, 15) is 4.79 Å². The summed E-state index contributed by atoms with van der Waals surface area (Å²) < 4.78 is 5.75. The molecule has 1 saturated heterocycles. The van der Waals surface area contributed by atoms with Crippen molar-refractivity contribution >= 4 is 17.5 Å². The second-order valence-corrected chi connectivity index (χ2v) is 7.66. The third-order valence-electron chi connectivity index (χ3n) is 5.23. The predicted molar refractivity (Wildman–Crippen MR) is 96.4 cm³/mol. The number of benzene rings is 1. The van der Waals surface area contributed by atoms with E-state index in [0.717, 1.165) is 44.5 Å². The molecule has 2 fully saturated rings. The maximum absolute atomic E-state index is 12.8. The molecule has 1 aliphatic carbocycles. The Labute approximate surface area is 149 Å². The van der Waals surface area contributed by atoms with Gasteiger partial charge in [-0.1, -0.05) is 30.2 Å².